The van der Waals surface area contributed by atoms with Gasteiger partial charge >= 0.3 is 12.1 Å². The van der Waals surface area contributed by atoms with Crippen molar-refractivity contribution in [2.24, 2.45) is 5.92 Å². The molecule has 0 saturated carbocycles. The maximum absolute atomic E-state index is 12.4. The van der Waals surface area contributed by atoms with Gasteiger partial charge in [-0.2, -0.15) is 13.2 Å². The van der Waals surface area contributed by atoms with Gasteiger partial charge in [0.15, 0.2) is 17.5 Å². The molecule has 23 heavy (non-hydrogen) atoms. The van der Waals surface area contributed by atoms with Crippen molar-refractivity contribution in [2.45, 2.75) is 13.1 Å². The maximum Gasteiger partial charge on any atom is 0.416 e. The fourth-order valence-electron chi connectivity index (χ4n) is 1.96. The summed E-state index contributed by atoms with van der Waals surface area (Å²) in [4.78, 5) is 35.1. The van der Waals surface area contributed by atoms with Crippen molar-refractivity contribution < 1.29 is 32.3 Å². The van der Waals surface area contributed by atoms with Gasteiger partial charge in [-0.15, -0.1) is 0 Å². The molecule has 0 amide bonds. The largest absolute Gasteiger partial charge is 0.430 e. The van der Waals surface area contributed by atoms with E-state index in [1.807, 2.05) is 0 Å². The smallest absolute Gasteiger partial charge is 0.416 e. The molecule has 0 radical (unpaired) electrons. The first-order valence-corrected chi connectivity index (χ1v) is 6.51. The Morgan fingerprint density at radius 3 is 2.30 bits per heavy atom. The lowest BCUT2D eigenvalue weighted by Gasteiger charge is -2.15. The van der Waals surface area contributed by atoms with Crippen LogP contribution in [0.3, 0.4) is 0 Å². The van der Waals surface area contributed by atoms with Crippen LogP contribution in [0.4, 0.5) is 13.2 Å². The Balaban J connectivity index is 2.12. The number of ketones is 2. The van der Waals surface area contributed by atoms with Gasteiger partial charge in [-0.1, -0.05) is 18.2 Å². The lowest BCUT2D eigenvalue weighted by atomic mass is 9.96. The number of halogens is 3. The number of hydrogen-bond donors (Lipinski definition) is 0. The number of alkyl halides is 3. The van der Waals surface area contributed by atoms with Crippen LogP contribution < -0.4 is 0 Å². The number of esters is 1. The molecule has 1 aliphatic rings. The summed E-state index contributed by atoms with van der Waals surface area (Å²) in [6, 6.07) is 4.10. The second-order valence-corrected chi connectivity index (χ2v) is 4.87. The Kier molecular flexibility index (Phi) is 4.49. The van der Waals surface area contributed by atoms with Crippen molar-refractivity contribution in [2.75, 3.05) is 0 Å². The zero-order chi connectivity index (χ0) is 17.2. The standard InChI is InChI=1S/C16H11F3O4/c1-9-8-13(21)14(15(22)23-9)12(20)7-4-10-2-5-11(6-3-10)16(17,18)19/h2-8,14H,1H3/b7-4+. The molecule has 1 heterocycles. The van der Waals surface area contributed by atoms with Crippen LogP contribution in [0, 0.1) is 5.92 Å². The highest BCUT2D eigenvalue weighted by Crippen LogP contribution is 2.29. The number of rotatable bonds is 3. The summed E-state index contributed by atoms with van der Waals surface area (Å²) in [7, 11) is 0. The number of benzene rings is 1. The summed E-state index contributed by atoms with van der Waals surface area (Å²) in [6.07, 6.45) is -1.19. The van der Waals surface area contributed by atoms with E-state index in [4.69, 9.17) is 4.74 Å². The average molecular weight is 324 g/mol. The molecule has 1 atom stereocenters. The zero-order valence-corrected chi connectivity index (χ0v) is 11.9. The SMILES string of the molecule is CC1=CC(=O)C(C(=O)/C=C/c2ccc(C(F)(F)F)cc2)C(=O)O1. The van der Waals surface area contributed by atoms with E-state index in [2.05, 4.69) is 0 Å². The van der Waals surface area contributed by atoms with Crippen LogP contribution in [0.2, 0.25) is 0 Å². The fraction of sp³-hybridized carbons (Fsp3) is 0.188. The van der Waals surface area contributed by atoms with E-state index in [1.165, 1.54) is 25.1 Å². The Labute approximate surface area is 129 Å². The highest BCUT2D eigenvalue weighted by Gasteiger charge is 2.36. The molecule has 1 unspecified atom stereocenters. The Morgan fingerprint density at radius 1 is 1.17 bits per heavy atom. The second kappa shape index (κ2) is 6.20. The molecule has 1 aliphatic heterocycles. The van der Waals surface area contributed by atoms with Crippen LogP contribution in [-0.4, -0.2) is 17.5 Å². The molecular formula is C16H11F3O4. The van der Waals surface area contributed by atoms with E-state index < -0.39 is 35.2 Å². The minimum Gasteiger partial charge on any atom is -0.430 e. The number of cyclic esters (lactones) is 1. The van der Waals surface area contributed by atoms with Gasteiger partial charge in [0.25, 0.3) is 0 Å². The molecule has 2 rings (SSSR count). The van der Waals surface area contributed by atoms with E-state index in [-0.39, 0.29) is 5.76 Å². The summed E-state index contributed by atoms with van der Waals surface area (Å²) < 4.78 is 42.0. The summed E-state index contributed by atoms with van der Waals surface area (Å²) in [5.74, 6) is -3.89. The minimum atomic E-state index is -4.44. The van der Waals surface area contributed by atoms with Gasteiger partial charge in [-0.3, -0.25) is 14.4 Å². The van der Waals surface area contributed by atoms with Crippen molar-refractivity contribution in [3.63, 3.8) is 0 Å². The van der Waals surface area contributed by atoms with Gasteiger partial charge < -0.3 is 4.74 Å². The molecule has 0 saturated heterocycles. The number of carbonyl (C=O) groups excluding carboxylic acids is 3. The molecule has 1 aromatic carbocycles. The fourth-order valence-corrected chi connectivity index (χ4v) is 1.96. The number of hydrogen-bond acceptors (Lipinski definition) is 4. The molecule has 0 aromatic heterocycles. The Morgan fingerprint density at radius 2 is 1.78 bits per heavy atom. The van der Waals surface area contributed by atoms with Gasteiger partial charge in [-0.25, -0.2) is 0 Å². The Hall–Kier alpha value is -2.70. The molecule has 0 fully saturated rings. The van der Waals surface area contributed by atoms with E-state index >= 15 is 0 Å². The van der Waals surface area contributed by atoms with Crippen molar-refractivity contribution in [1.29, 1.82) is 0 Å². The highest BCUT2D eigenvalue weighted by atomic mass is 19.4. The van der Waals surface area contributed by atoms with Crippen LogP contribution in [0.15, 0.2) is 42.2 Å². The summed E-state index contributed by atoms with van der Waals surface area (Å²) in [5.41, 5.74) is -0.484. The molecule has 4 nitrogen and oxygen atoms in total. The monoisotopic (exact) mass is 324 g/mol. The minimum absolute atomic E-state index is 0.107. The van der Waals surface area contributed by atoms with Gasteiger partial charge in [0.1, 0.15) is 5.76 Å². The molecule has 1 aromatic rings. The lowest BCUT2D eigenvalue weighted by molar-refractivity contribution is -0.151. The van der Waals surface area contributed by atoms with E-state index in [1.54, 1.807) is 0 Å². The molecule has 0 aliphatic carbocycles. The lowest BCUT2D eigenvalue weighted by Crippen LogP contribution is -2.34. The van der Waals surface area contributed by atoms with Crippen LogP contribution in [0.1, 0.15) is 18.1 Å². The highest BCUT2D eigenvalue weighted by molar-refractivity contribution is 6.25. The predicted molar refractivity (Wildman–Crippen MR) is 73.8 cm³/mol. The molecular weight excluding hydrogens is 313 g/mol. The Bertz CT molecular complexity index is 712. The normalized spacial score (nSPS) is 18.8. The van der Waals surface area contributed by atoms with Crippen molar-refractivity contribution in [3.8, 4) is 0 Å². The van der Waals surface area contributed by atoms with Crippen LogP contribution in [0.25, 0.3) is 6.08 Å². The van der Waals surface area contributed by atoms with Crippen molar-refractivity contribution in [3.05, 3.63) is 53.3 Å². The number of allylic oxidation sites excluding steroid dienone is 3. The third-order valence-corrected chi connectivity index (χ3v) is 3.09. The summed E-state index contributed by atoms with van der Waals surface area (Å²) in [6.45, 7) is 1.41. The zero-order valence-electron chi connectivity index (χ0n) is 11.9. The second-order valence-electron chi connectivity index (χ2n) is 4.87. The number of carbonyl (C=O) groups is 3. The molecule has 120 valence electrons. The third-order valence-electron chi connectivity index (χ3n) is 3.09. The topological polar surface area (TPSA) is 60.4 Å². The van der Waals surface area contributed by atoms with E-state index in [9.17, 15) is 27.6 Å². The van der Waals surface area contributed by atoms with Crippen LogP contribution >= 0.6 is 0 Å². The van der Waals surface area contributed by atoms with Gasteiger partial charge in [-0.05, 0) is 30.7 Å². The van der Waals surface area contributed by atoms with E-state index in [0.29, 0.717) is 5.56 Å². The van der Waals surface area contributed by atoms with Crippen LogP contribution in [-0.2, 0) is 25.3 Å². The first kappa shape index (κ1) is 16.7. The van der Waals surface area contributed by atoms with Gasteiger partial charge in [0.05, 0.1) is 5.56 Å². The van der Waals surface area contributed by atoms with Gasteiger partial charge in [0.2, 0.25) is 0 Å². The average Bonchev–Trinajstić information content (AvgIpc) is 2.43. The summed E-state index contributed by atoms with van der Waals surface area (Å²) in [5, 5.41) is 0. The third kappa shape index (κ3) is 3.94. The molecule has 7 heteroatoms. The van der Waals surface area contributed by atoms with Crippen molar-refractivity contribution in [1.82, 2.24) is 0 Å². The maximum atomic E-state index is 12.4. The first-order valence-electron chi connectivity index (χ1n) is 6.51. The van der Waals surface area contributed by atoms with Crippen LogP contribution in [0.5, 0.6) is 0 Å². The number of ether oxygens (including phenoxy) is 1. The van der Waals surface area contributed by atoms with Crippen molar-refractivity contribution >= 4 is 23.6 Å². The molecule has 0 bridgehead atoms. The molecule has 0 N–H and O–H groups in total. The van der Waals surface area contributed by atoms with E-state index in [0.717, 1.165) is 24.3 Å². The van der Waals surface area contributed by atoms with Gasteiger partial charge in [0, 0.05) is 6.08 Å². The predicted octanol–water partition coefficient (Wildman–Crippen LogP) is 2.93. The first-order chi connectivity index (χ1) is 10.7. The quantitative estimate of drug-likeness (QED) is 0.487. The summed E-state index contributed by atoms with van der Waals surface area (Å²) >= 11 is 0. The molecule has 0 spiro atoms.